The summed E-state index contributed by atoms with van der Waals surface area (Å²) in [5.41, 5.74) is 2.72. The molecule has 4 rings (SSSR count). The van der Waals surface area contributed by atoms with Gasteiger partial charge >= 0.3 is 0 Å². The molecule has 1 N–H and O–H groups in total. The lowest BCUT2D eigenvalue weighted by atomic mass is 10.2. The summed E-state index contributed by atoms with van der Waals surface area (Å²) < 4.78 is 3.32. The van der Waals surface area contributed by atoms with E-state index in [-0.39, 0.29) is 5.91 Å². The van der Waals surface area contributed by atoms with Crippen LogP contribution in [0.5, 0.6) is 0 Å². The van der Waals surface area contributed by atoms with Crippen LogP contribution in [0.15, 0.2) is 42.7 Å². The minimum atomic E-state index is -0.287. The van der Waals surface area contributed by atoms with Crippen LogP contribution in [0.2, 0.25) is 10.0 Å². The molecule has 9 heteroatoms. The molecule has 0 spiro atoms. The molecule has 3 aromatic heterocycles. The molecule has 0 aliphatic rings. The molecule has 4 aromatic rings. The van der Waals surface area contributed by atoms with Crippen LogP contribution in [0.3, 0.4) is 0 Å². The van der Waals surface area contributed by atoms with Crippen molar-refractivity contribution in [3.05, 3.63) is 69.6 Å². The van der Waals surface area contributed by atoms with E-state index in [2.05, 4.69) is 20.5 Å². The van der Waals surface area contributed by atoms with E-state index in [1.54, 1.807) is 45.9 Å². The van der Waals surface area contributed by atoms with Crippen LogP contribution in [0.1, 0.15) is 21.6 Å². The van der Waals surface area contributed by atoms with E-state index < -0.39 is 0 Å². The first-order valence-electron chi connectivity index (χ1n) is 8.49. The van der Waals surface area contributed by atoms with Crippen molar-refractivity contribution in [2.75, 3.05) is 5.32 Å². The minimum Gasteiger partial charge on any atom is -0.307 e. The Balaban J connectivity index is 1.60. The number of fused-ring (bicyclic) bond motifs is 1. The summed E-state index contributed by atoms with van der Waals surface area (Å²) in [5, 5.41) is 13.4. The van der Waals surface area contributed by atoms with Crippen LogP contribution in [-0.2, 0) is 13.6 Å². The van der Waals surface area contributed by atoms with Gasteiger partial charge in [0.2, 0.25) is 0 Å². The third-order valence-electron chi connectivity index (χ3n) is 4.45. The lowest BCUT2D eigenvalue weighted by Crippen LogP contribution is -2.16. The number of carbonyl (C=O) groups excluding carboxylic acids is 1. The van der Waals surface area contributed by atoms with Crippen molar-refractivity contribution in [1.29, 1.82) is 0 Å². The van der Waals surface area contributed by atoms with Crippen LogP contribution in [0, 0.1) is 6.92 Å². The molecule has 7 nitrogen and oxygen atoms in total. The van der Waals surface area contributed by atoms with Gasteiger partial charge in [0.1, 0.15) is 5.82 Å². The molecule has 142 valence electrons. The molecule has 28 heavy (non-hydrogen) atoms. The van der Waals surface area contributed by atoms with Gasteiger partial charge in [-0.15, -0.1) is 0 Å². The van der Waals surface area contributed by atoms with E-state index in [4.69, 9.17) is 23.2 Å². The first kappa shape index (κ1) is 18.5. The summed E-state index contributed by atoms with van der Waals surface area (Å²) >= 11 is 12.5. The summed E-state index contributed by atoms with van der Waals surface area (Å²) in [7, 11) is 1.82. The van der Waals surface area contributed by atoms with Crippen molar-refractivity contribution in [2.45, 2.75) is 13.5 Å². The number of hydrogen-bond donors (Lipinski definition) is 1. The summed E-state index contributed by atoms with van der Waals surface area (Å²) in [5.74, 6) is 0.244. The standard InChI is InChI=1S/C19H16Cl2N6O/c1-11-13-8-12(9-22-18(13)26(2)25-11)19(28)24-17-6-7-23-27(17)10-14-15(20)4-3-5-16(14)21/h3-9H,10H2,1-2H3,(H,24,28). The fourth-order valence-electron chi connectivity index (χ4n) is 3.02. The van der Waals surface area contributed by atoms with Crippen LogP contribution >= 0.6 is 23.2 Å². The summed E-state index contributed by atoms with van der Waals surface area (Å²) in [6, 6.07) is 8.81. The highest BCUT2D eigenvalue weighted by atomic mass is 35.5. The van der Waals surface area contributed by atoms with Crippen LogP contribution in [0.4, 0.5) is 5.82 Å². The van der Waals surface area contributed by atoms with Crippen molar-refractivity contribution < 1.29 is 4.79 Å². The zero-order valence-electron chi connectivity index (χ0n) is 15.1. The Morgan fingerprint density at radius 1 is 1.21 bits per heavy atom. The van der Waals surface area contributed by atoms with Crippen molar-refractivity contribution in [3.8, 4) is 0 Å². The van der Waals surface area contributed by atoms with Crippen LogP contribution in [-0.4, -0.2) is 30.5 Å². The van der Waals surface area contributed by atoms with Crippen molar-refractivity contribution in [1.82, 2.24) is 24.5 Å². The molecule has 1 amide bonds. The number of nitrogens with zero attached hydrogens (tertiary/aromatic N) is 5. The maximum atomic E-state index is 12.7. The second-order valence-electron chi connectivity index (χ2n) is 6.33. The van der Waals surface area contributed by atoms with Gasteiger partial charge in [-0.05, 0) is 25.1 Å². The van der Waals surface area contributed by atoms with Crippen LogP contribution < -0.4 is 5.32 Å². The maximum Gasteiger partial charge on any atom is 0.258 e. The molecule has 0 aliphatic heterocycles. The van der Waals surface area contributed by atoms with Crippen LogP contribution in [0.25, 0.3) is 11.0 Å². The normalized spacial score (nSPS) is 11.1. The number of carbonyl (C=O) groups is 1. The van der Waals surface area contributed by atoms with Gasteiger partial charge in [-0.25, -0.2) is 9.67 Å². The fourth-order valence-corrected chi connectivity index (χ4v) is 3.54. The lowest BCUT2D eigenvalue weighted by molar-refractivity contribution is 0.102. The zero-order valence-corrected chi connectivity index (χ0v) is 16.7. The second-order valence-corrected chi connectivity index (χ2v) is 7.15. The molecule has 0 atom stereocenters. The highest BCUT2D eigenvalue weighted by molar-refractivity contribution is 6.36. The number of pyridine rings is 1. The quantitative estimate of drug-likeness (QED) is 0.545. The average Bonchev–Trinajstić information content (AvgIpc) is 3.22. The van der Waals surface area contributed by atoms with Gasteiger partial charge in [-0.2, -0.15) is 10.2 Å². The lowest BCUT2D eigenvalue weighted by Gasteiger charge is -2.11. The number of benzene rings is 1. The predicted molar refractivity (Wildman–Crippen MR) is 109 cm³/mol. The number of hydrogen-bond acceptors (Lipinski definition) is 4. The third-order valence-corrected chi connectivity index (χ3v) is 5.16. The number of anilines is 1. The Morgan fingerprint density at radius 2 is 1.96 bits per heavy atom. The molecular weight excluding hydrogens is 399 g/mol. The topological polar surface area (TPSA) is 77.6 Å². The highest BCUT2D eigenvalue weighted by Gasteiger charge is 2.15. The third kappa shape index (κ3) is 3.34. The molecule has 0 saturated heterocycles. The highest BCUT2D eigenvalue weighted by Crippen LogP contribution is 2.26. The Labute approximate surface area is 170 Å². The first-order chi connectivity index (χ1) is 13.4. The second kappa shape index (κ2) is 7.26. The average molecular weight is 415 g/mol. The van der Waals surface area contributed by atoms with Gasteiger partial charge < -0.3 is 5.32 Å². The van der Waals surface area contributed by atoms with Gasteiger partial charge in [0, 0.05) is 40.3 Å². The minimum absolute atomic E-state index is 0.287. The largest absolute Gasteiger partial charge is 0.307 e. The smallest absolute Gasteiger partial charge is 0.258 e. The maximum absolute atomic E-state index is 12.7. The number of aryl methyl sites for hydroxylation is 2. The van der Waals surface area contributed by atoms with Crippen molar-refractivity contribution >= 4 is 46.0 Å². The summed E-state index contributed by atoms with van der Waals surface area (Å²) in [6.45, 7) is 2.22. The monoisotopic (exact) mass is 414 g/mol. The van der Waals surface area contributed by atoms with E-state index in [0.717, 1.165) is 22.3 Å². The Bertz CT molecular complexity index is 1180. The number of nitrogens with one attached hydrogen (secondary N) is 1. The molecule has 0 aliphatic carbocycles. The first-order valence-corrected chi connectivity index (χ1v) is 9.25. The molecule has 0 radical (unpaired) electrons. The van der Waals surface area contributed by atoms with E-state index >= 15 is 0 Å². The van der Waals surface area contributed by atoms with Gasteiger partial charge in [0.25, 0.3) is 5.91 Å². The van der Waals surface area contributed by atoms with Crippen molar-refractivity contribution in [2.24, 2.45) is 7.05 Å². The molecule has 3 heterocycles. The summed E-state index contributed by atoms with van der Waals surface area (Å²) in [4.78, 5) is 17.1. The number of rotatable bonds is 4. The SMILES string of the molecule is Cc1nn(C)c2ncc(C(=O)Nc3ccnn3Cc3c(Cl)cccc3Cl)cc12. The van der Waals surface area contributed by atoms with Crippen molar-refractivity contribution in [3.63, 3.8) is 0 Å². The number of halogens is 2. The van der Waals surface area contributed by atoms with E-state index in [9.17, 15) is 4.79 Å². The molecule has 1 aromatic carbocycles. The number of amides is 1. The fraction of sp³-hybridized carbons (Fsp3) is 0.158. The Morgan fingerprint density at radius 3 is 2.71 bits per heavy atom. The molecule has 0 unspecified atom stereocenters. The summed E-state index contributed by atoms with van der Waals surface area (Å²) in [6.07, 6.45) is 3.14. The van der Waals surface area contributed by atoms with E-state index in [1.807, 2.05) is 14.0 Å². The predicted octanol–water partition coefficient (Wildman–Crippen LogP) is 4.08. The Hall–Kier alpha value is -2.90. The van der Waals surface area contributed by atoms with Gasteiger partial charge in [0.05, 0.1) is 24.0 Å². The molecule has 0 saturated carbocycles. The van der Waals surface area contributed by atoms with Gasteiger partial charge in [-0.1, -0.05) is 29.3 Å². The number of aromatic nitrogens is 5. The van der Waals surface area contributed by atoms with E-state index in [1.165, 1.54) is 6.20 Å². The van der Waals surface area contributed by atoms with Gasteiger partial charge in [-0.3, -0.25) is 9.48 Å². The molecule has 0 fully saturated rings. The van der Waals surface area contributed by atoms with E-state index in [0.29, 0.717) is 28.0 Å². The molecule has 0 bridgehead atoms. The molecular formula is C19H16Cl2N6O. The zero-order chi connectivity index (χ0) is 19.8. The van der Waals surface area contributed by atoms with Gasteiger partial charge in [0.15, 0.2) is 5.65 Å². The Kier molecular flexibility index (Phi) is 4.78.